The van der Waals surface area contributed by atoms with E-state index in [0.29, 0.717) is 0 Å². The molecule has 0 radical (unpaired) electrons. The van der Waals surface area contributed by atoms with Crippen LogP contribution in [0.2, 0.25) is 0 Å². The van der Waals surface area contributed by atoms with Gasteiger partial charge in [0.05, 0.1) is 15.8 Å². The number of hydrogen-bond donors (Lipinski definition) is 0. The molecule has 2 rings (SSSR count). The zero-order valence-corrected chi connectivity index (χ0v) is 11.9. The molecule has 2 aromatic rings. The smallest absolute Gasteiger partial charge is 0.0740 e. The van der Waals surface area contributed by atoms with Gasteiger partial charge in [-0.25, -0.2) is 0 Å². The summed E-state index contributed by atoms with van der Waals surface area (Å²) < 4.78 is 4.25. The van der Waals surface area contributed by atoms with Gasteiger partial charge in [-0.2, -0.15) is 5.10 Å². The Morgan fingerprint density at radius 2 is 2.00 bits per heavy atom. The highest BCUT2D eigenvalue weighted by atomic mass is 127. The number of rotatable bonds is 2. The second kappa shape index (κ2) is 4.65. The molecular formula is C11H10BrIN2. The first-order chi connectivity index (χ1) is 7.16. The lowest BCUT2D eigenvalue weighted by Gasteiger charge is -2.12. The first kappa shape index (κ1) is 11.1. The van der Waals surface area contributed by atoms with Crippen molar-refractivity contribution in [2.75, 3.05) is 0 Å². The van der Waals surface area contributed by atoms with Crippen LogP contribution in [0.3, 0.4) is 0 Å². The summed E-state index contributed by atoms with van der Waals surface area (Å²) in [5.41, 5.74) is 1.26. The fourth-order valence-corrected chi connectivity index (χ4v) is 2.09. The topological polar surface area (TPSA) is 17.8 Å². The van der Waals surface area contributed by atoms with E-state index in [-0.39, 0.29) is 6.04 Å². The van der Waals surface area contributed by atoms with E-state index in [4.69, 9.17) is 0 Å². The van der Waals surface area contributed by atoms with Gasteiger partial charge in [0.1, 0.15) is 0 Å². The van der Waals surface area contributed by atoms with Gasteiger partial charge in [0.25, 0.3) is 0 Å². The van der Waals surface area contributed by atoms with Crippen molar-refractivity contribution in [1.29, 1.82) is 0 Å². The molecule has 1 atom stereocenters. The van der Waals surface area contributed by atoms with E-state index in [2.05, 4.69) is 74.8 Å². The largest absolute Gasteiger partial charge is 0.264 e. The molecule has 0 spiro atoms. The summed E-state index contributed by atoms with van der Waals surface area (Å²) in [4.78, 5) is 0. The highest BCUT2D eigenvalue weighted by Crippen LogP contribution is 2.20. The molecule has 4 heteroatoms. The van der Waals surface area contributed by atoms with Crippen molar-refractivity contribution < 1.29 is 0 Å². The van der Waals surface area contributed by atoms with Crippen molar-refractivity contribution in [3.8, 4) is 0 Å². The highest BCUT2D eigenvalue weighted by Gasteiger charge is 2.08. The van der Waals surface area contributed by atoms with E-state index >= 15 is 0 Å². The van der Waals surface area contributed by atoms with Gasteiger partial charge < -0.3 is 0 Å². The predicted molar refractivity (Wildman–Crippen MR) is 72.9 cm³/mol. The van der Waals surface area contributed by atoms with Crippen molar-refractivity contribution in [1.82, 2.24) is 9.78 Å². The Balaban J connectivity index is 2.28. The van der Waals surface area contributed by atoms with E-state index in [9.17, 15) is 0 Å². The third kappa shape index (κ3) is 2.60. The van der Waals surface area contributed by atoms with Gasteiger partial charge >= 0.3 is 0 Å². The molecule has 15 heavy (non-hydrogen) atoms. The van der Waals surface area contributed by atoms with Crippen LogP contribution in [0.15, 0.2) is 41.1 Å². The van der Waals surface area contributed by atoms with Crippen LogP contribution in [-0.2, 0) is 0 Å². The van der Waals surface area contributed by atoms with Crippen molar-refractivity contribution >= 4 is 38.5 Å². The first-order valence-electron chi connectivity index (χ1n) is 4.62. The minimum Gasteiger partial charge on any atom is -0.264 e. The average molecular weight is 377 g/mol. The Morgan fingerprint density at radius 1 is 1.33 bits per heavy atom. The van der Waals surface area contributed by atoms with Crippen molar-refractivity contribution in [2.45, 2.75) is 13.0 Å². The molecule has 1 aromatic carbocycles. The zero-order valence-electron chi connectivity index (χ0n) is 8.19. The van der Waals surface area contributed by atoms with Gasteiger partial charge in [-0.05, 0) is 47.2 Å². The molecule has 2 nitrogen and oxygen atoms in total. The van der Waals surface area contributed by atoms with Crippen LogP contribution in [0.4, 0.5) is 0 Å². The van der Waals surface area contributed by atoms with Crippen LogP contribution in [0.5, 0.6) is 0 Å². The van der Waals surface area contributed by atoms with Crippen molar-refractivity contribution in [3.63, 3.8) is 0 Å². The Labute approximate surface area is 111 Å². The molecule has 0 aliphatic rings. The number of hydrogen-bond acceptors (Lipinski definition) is 1. The van der Waals surface area contributed by atoms with Crippen LogP contribution in [0.1, 0.15) is 18.5 Å². The highest BCUT2D eigenvalue weighted by molar-refractivity contribution is 14.1. The maximum absolute atomic E-state index is 4.31. The van der Waals surface area contributed by atoms with E-state index in [1.54, 1.807) is 0 Å². The fourth-order valence-electron chi connectivity index (χ4n) is 1.42. The summed E-state index contributed by atoms with van der Waals surface area (Å²) in [5, 5.41) is 4.31. The van der Waals surface area contributed by atoms with Gasteiger partial charge in [0, 0.05) is 10.7 Å². The van der Waals surface area contributed by atoms with Crippen LogP contribution in [-0.4, -0.2) is 9.78 Å². The molecule has 0 aliphatic heterocycles. The first-order valence-corrected chi connectivity index (χ1v) is 6.49. The Kier molecular flexibility index (Phi) is 3.45. The van der Waals surface area contributed by atoms with Gasteiger partial charge in [-0.15, -0.1) is 0 Å². The second-order valence-electron chi connectivity index (χ2n) is 3.37. The van der Waals surface area contributed by atoms with E-state index in [1.165, 1.54) is 5.56 Å². The molecule has 0 amide bonds. The summed E-state index contributed by atoms with van der Waals surface area (Å²) in [7, 11) is 0. The molecule has 1 unspecified atom stereocenters. The van der Waals surface area contributed by atoms with Gasteiger partial charge in [0.2, 0.25) is 0 Å². The Morgan fingerprint density at radius 3 is 2.53 bits per heavy atom. The number of nitrogens with zero attached hydrogens (tertiary/aromatic N) is 2. The summed E-state index contributed by atoms with van der Waals surface area (Å²) in [5.74, 6) is 0. The molecule has 78 valence electrons. The summed E-state index contributed by atoms with van der Waals surface area (Å²) in [6, 6.07) is 8.62. The van der Waals surface area contributed by atoms with E-state index in [1.807, 2.05) is 17.1 Å². The third-order valence-electron chi connectivity index (χ3n) is 2.32. The monoisotopic (exact) mass is 376 g/mol. The standard InChI is InChI=1S/C11H10BrIN2/c1-8(15-7-11(13)6-14-15)9-2-4-10(12)5-3-9/h2-8H,1H3. The Bertz CT molecular complexity index is 450. The number of benzene rings is 1. The Hall–Kier alpha value is -0.360. The maximum Gasteiger partial charge on any atom is 0.0740 e. The molecule has 1 heterocycles. The SMILES string of the molecule is CC(c1ccc(Br)cc1)n1cc(I)cn1. The summed E-state index contributed by atoms with van der Waals surface area (Å²) in [6.45, 7) is 2.15. The van der Waals surface area contributed by atoms with Gasteiger partial charge in [-0.3, -0.25) is 4.68 Å². The van der Waals surface area contributed by atoms with Crippen LogP contribution in [0.25, 0.3) is 0 Å². The third-order valence-corrected chi connectivity index (χ3v) is 3.40. The van der Waals surface area contributed by atoms with Gasteiger partial charge in [-0.1, -0.05) is 28.1 Å². The number of halogens is 2. The maximum atomic E-state index is 4.31. The molecular weight excluding hydrogens is 367 g/mol. The zero-order chi connectivity index (χ0) is 10.8. The lowest BCUT2D eigenvalue weighted by Crippen LogP contribution is -2.06. The molecule has 0 saturated heterocycles. The lowest BCUT2D eigenvalue weighted by atomic mass is 10.1. The van der Waals surface area contributed by atoms with E-state index in [0.717, 1.165) is 8.04 Å². The lowest BCUT2D eigenvalue weighted by molar-refractivity contribution is 0.564. The minimum absolute atomic E-state index is 0.279. The molecule has 0 saturated carbocycles. The molecule has 0 bridgehead atoms. The molecule has 1 aromatic heterocycles. The quantitative estimate of drug-likeness (QED) is 0.727. The normalized spacial score (nSPS) is 12.7. The second-order valence-corrected chi connectivity index (χ2v) is 5.53. The van der Waals surface area contributed by atoms with Crippen LogP contribution in [0, 0.1) is 3.57 Å². The molecule has 0 fully saturated rings. The summed E-state index contributed by atoms with van der Waals surface area (Å²) >= 11 is 5.70. The van der Waals surface area contributed by atoms with Crippen molar-refractivity contribution in [3.05, 3.63) is 50.3 Å². The average Bonchev–Trinajstić information content (AvgIpc) is 2.65. The van der Waals surface area contributed by atoms with Crippen LogP contribution < -0.4 is 0 Å². The van der Waals surface area contributed by atoms with Crippen molar-refractivity contribution in [2.24, 2.45) is 0 Å². The minimum atomic E-state index is 0.279. The van der Waals surface area contributed by atoms with Crippen LogP contribution >= 0.6 is 38.5 Å². The fraction of sp³-hybridized carbons (Fsp3) is 0.182. The number of aromatic nitrogens is 2. The molecule has 0 aliphatic carbocycles. The molecule has 0 N–H and O–H groups in total. The van der Waals surface area contributed by atoms with Gasteiger partial charge in [0.15, 0.2) is 0 Å². The predicted octanol–water partition coefficient (Wildman–Crippen LogP) is 3.86. The summed E-state index contributed by atoms with van der Waals surface area (Å²) in [6.07, 6.45) is 3.92. The van der Waals surface area contributed by atoms with E-state index < -0.39 is 0 Å².